The first-order valence-electron chi connectivity index (χ1n) is 5.50. The number of halogens is 1. The SMILES string of the molecule is CC1=N[N+](C)(c2ccc(F)cc2C)C=C1C(=O)O. The fourth-order valence-corrected chi connectivity index (χ4v) is 2.20. The summed E-state index contributed by atoms with van der Waals surface area (Å²) in [5, 5.41) is 13.4. The molecular formula is C13H14FN2O2+. The van der Waals surface area contributed by atoms with Crippen LogP contribution in [0.5, 0.6) is 0 Å². The van der Waals surface area contributed by atoms with Gasteiger partial charge >= 0.3 is 5.97 Å². The fraction of sp³-hybridized carbons (Fsp3) is 0.231. The Kier molecular flexibility index (Phi) is 2.78. The molecule has 18 heavy (non-hydrogen) atoms. The van der Waals surface area contributed by atoms with Gasteiger partial charge in [0.2, 0.25) is 0 Å². The Morgan fingerprint density at radius 2 is 2.06 bits per heavy atom. The number of carbonyl (C=O) groups is 1. The van der Waals surface area contributed by atoms with Crippen molar-refractivity contribution in [3.63, 3.8) is 0 Å². The number of nitrogens with zero attached hydrogens (tertiary/aromatic N) is 2. The van der Waals surface area contributed by atoms with Crippen molar-refractivity contribution in [3.8, 4) is 0 Å². The standard InChI is InChI=1S/C13H13FN2O2/c1-8-6-10(14)4-5-12(8)16(3)7-11(13(17)18)9(2)15-16/h4-7H,1-3H3/p+1. The Balaban J connectivity index is 2.55. The molecule has 1 aliphatic rings. The Bertz CT molecular complexity index is 593. The summed E-state index contributed by atoms with van der Waals surface area (Å²) in [6.07, 6.45) is 1.55. The minimum Gasteiger partial charge on any atom is -0.477 e. The lowest BCUT2D eigenvalue weighted by Crippen LogP contribution is -2.31. The molecule has 1 aliphatic heterocycles. The lowest BCUT2D eigenvalue weighted by Gasteiger charge is -2.21. The van der Waals surface area contributed by atoms with E-state index in [4.69, 9.17) is 5.11 Å². The second kappa shape index (κ2) is 4.03. The summed E-state index contributed by atoms with van der Waals surface area (Å²) in [5.74, 6) is -1.32. The molecule has 2 rings (SSSR count). The molecule has 1 aromatic carbocycles. The normalized spacial score (nSPS) is 22.7. The van der Waals surface area contributed by atoms with E-state index in [-0.39, 0.29) is 16.0 Å². The average molecular weight is 249 g/mol. The molecule has 0 bridgehead atoms. The van der Waals surface area contributed by atoms with Crippen LogP contribution in [-0.4, -0.2) is 23.8 Å². The molecule has 5 heteroatoms. The maximum absolute atomic E-state index is 13.1. The first kappa shape index (κ1) is 12.4. The van der Waals surface area contributed by atoms with Gasteiger partial charge in [-0.3, -0.25) is 0 Å². The predicted octanol–water partition coefficient (Wildman–Crippen LogP) is 2.43. The second-order valence-electron chi connectivity index (χ2n) is 4.49. The van der Waals surface area contributed by atoms with E-state index >= 15 is 0 Å². The number of carboxylic acids is 1. The van der Waals surface area contributed by atoms with Gasteiger partial charge < -0.3 is 5.11 Å². The summed E-state index contributed by atoms with van der Waals surface area (Å²) < 4.78 is 13.1. The van der Waals surface area contributed by atoms with Crippen LogP contribution in [0.1, 0.15) is 12.5 Å². The summed E-state index contributed by atoms with van der Waals surface area (Å²) in [4.78, 5) is 11.1. The summed E-state index contributed by atoms with van der Waals surface area (Å²) in [7, 11) is 1.76. The third-order valence-electron chi connectivity index (χ3n) is 3.00. The quantitative estimate of drug-likeness (QED) is 0.818. The highest BCUT2D eigenvalue weighted by molar-refractivity contribution is 6.19. The summed E-state index contributed by atoms with van der Waals surface area (Å²) >= 11 is 0. The number of benzene rings is 1. The third-order valence-corrected chi connectivity index (χ3v) is 3.00. The number of quaternary nitrogens is 1. The van der Waals surface area contributed by atoms with Crippen molar-refractivity contribution in [3.05, 3.63) is 41.4 Å². The number of rotatable bonds is 2. The Morgan fingerprint density at radius 3 is 2.56 bits per heavy atom. The summed E-state index contributed by atoms with van der Waals surface area (Å²) in [5.41, 5.74) is 2.14. The van der Waals surface area contributed by atoms with Gasteiger partial charge in [-0.2, -0.15) is 0 Å². The molecule has 0 fully saturated rings. The largest absolute Gasteiger partial charge is 0.477 e. The highest BCUT2D eigenvalue weighted by atomic mass is 19.1. The van der Waals surface area contributed by atoms with E-state index in [0.717, 1.165) is 11.3 Å². The zero-order valence-electron chi connectivity index (χ0n) is 10.4. The van der Waals surface area contributed by atoms with Crippen molar-refractivity contribution in [1.82, 2.24) is 4.59 Å². The molecule has 1 aromatic rings. The van der Waals surface area contributed by atoms with Crippen LogP contribution in [0.25, 0.3) is 0 Å². The minimum absolute atomic E-state index is 0.000417. The summed E-state index contributed by atoms with van der Waals surface area (Å²) in [6, 6.07) is 4.39. The molecular weight excluding hydrogens is 235 g/mol. The number of aryl methyl sites for hydroxylation is 1. The maximum atomic E-state index is 13.1. The lowest BCUT2D eigenvalue weighted by atomic mass is 10.1. The molecule has 0 radical (unpaired) electrons. The summed E-state index contributed by atoms with van der Waals surface area (Å²) in [6.45, 7) is 3.43. The van der Waals surface area contributed by atoms with Crippen molar-refractivity contribution in [2.24, 2.45) is 5.10 Å². The van der Waals surface area contributed by atoms with Crippen molar-refractivity contribution >= 4 is 17.4 Å². The first-order chi connectivity index (χ1) is 8.33. The lowest BCUT2D eigenvalue weighted by molar-refractivity contribution is -0.132. The molecule has 0 spiro atoms. The van der Waals surface area contributed by atoms with Gasteiger partial charge in [-0.15, -0.1) is 4.59 Å². The molecule has 0 aliphatic carbocycles. The van der Waals surface area contributed by atoms with E-state index in [1.807, 2.05) is 0 Å². The van der Waals surface area contributed by atoms with E-state index < -0.39 is 5.97 Å². The molecule has 1 unspecified atom stereocenters. The van der Waals surface area contributed by atoms with Gasteiger partial charge in [0.05, 0.1) is 0 Å². The number of carboxylic acid groups (broad SMARTS) is 1. The van der Waals surface area contributed by atoms with E-state index in [1.165, 1.54) is 12.1 Å². The van der Waals surface area contributed by atoms with Gasteiger partial charge in [-0.05, 0) is 26.0 Å². The van der Waals surface area contributed by atoms with E-state index in [9.17, 15) is 9.18 Å². The highest BCUT2D eigenvalue weighted by Crippen LogP contribution is 2.31. The molecule has 0 saturated heterocycles. The zero-order valence-corrected chi connectivity index (χ0v) is 10.4. The molecule has 1 atom stereocenters. The molecule has 1 N–H and O–H groups in total. The van der Waals surface area contributed by atoms with Crippen LogP contribution in [0.2, 0.25) is 0 Å². The smallest absolute Gasteiger partial charge is 0.343 e. The van der Waals surface area contributed by atoms with E-state index in [2.05, 4.69) is 5.10 Å². The molecule has 0 saturated carbocycles. The Morgan fingerprint density at radius 1 is 1.39 bits per heavy atom. The van der Waals surface area contributed by atoms with Gasteiger partial charge in [0, 0.05) is 11.6 Å². The topological polar surface area (TPSA) is 49.7 Å². The monoisotopic (exact) mass is 249 g/mol. The first-order valence-corrected chi connectivity index (χ1v) is 5.50. The highest BCUT2D eigenvalue weighted by Gasteiger charge is 2.35. The fourth-order valence-electron chi connectivity index (χ4n) is 2.20. The van der Waals surface area contributed by atoms with Gasteiger partial charge in [-0.25, -0.2) is 9.18 Å². The van der Waals surface area contributed by atoms with Crippen molar-refractivity contribution in [2.45, 2.75) is 13.8 Å². The van der Waals surface area contributed by atoms with Gasteiger partial charge in [0.1, 0.15) is 30.3 Å². The van der Waals surface area contributed by atoms with E-state index in [1.54, 1.807) is 33.2 Å². The maximum Gasteiger partial charge on any atom is 0.343 e. The molecule has 1 heterocycles. The van der Waals surface area contributed by atoms with Crippen LogP contribution < -0.4 is 4.59 Å². The van der Waals surface area contributed by atoms with Crippen molar-refractivity contribution in [2.75, 3.05) is 7.05 Å². The van der Waals surface area contributed by atoms with Gasteiger partial charge in [0.15, 0.2) is 5.69 Å². The van der Waals surface area contributed by atoms with Crippen LogP contribution in [-0.2, 0) is 4.79 Å². The number of hydrogen-bond acceptors (Lipinski definition) is 2. The average Bonchev–Trinajstić information content (AvgIpc) is 2.54. The van der Waals surface area contributed by atoms with Crippen LogP contribution in [0.3, 0.4) is 0 Å². The van der Waals surface area contributed by atoms with Crippen LogP contribution in [0.4, 0.5) is 10.1 Å². The molecule has 4 nitrogen and oxygen atoms in total. The zero-order chi connectivity index (χ0) is 13.5. The van der Waals surface area contributed by atoms with Crippen molar-refractivity contribution < 1.29 is 14.3 Å². The van der Waals surface area contributed by atoms with Crippen LogP contribution in [0, 0.1) is 12.7 Å². The van der Waals surface area contributed by atoms with Crippen molar-refractivity contribution in [1.29, 1.82) is 0 Å². The molecule has 0 amide bonds. The Hall–Kier alpha value is -2.01. The van der Waals surface area contributed by atoms with E-state index in [0.29, 0.717) is 5.71 Å². The number of aliphatic carboxylic acids is 1. The van der Waals surface area contributed by atoms with Gasteiger partial charge in [0.25, 0.3) is 0 Å². The molecule has 0 aromatic heterocycles. The van der Waals surface area contributed by atoms with Crippen LogP contribution in [0.15, 0.2) is 35.1 Å². The predicted molar refractivity (Wildman–Crippen MR) is 67.7 cm³/mol. The Labute approximate surface area is 104 Å². The van der Waals surface area contributed by atoms with Gasteiger partial charge in [-0.1, -0.05) is 5.10 Å². The number of hydrogen-bond donors (Lipinski definition) is 1. The molecule has 94 valence electrons. The second-order valence-corrected chi connectivity index (χ2v) is 4.49. The third kappa shape index (κ3) is 1.93. The minimum atomic E-state index is -1.00. The van der Waals surface area contributed by atoms with Crippen LogP contribution >= 0.6 is 0 Å².